The highest BCUT2D eigenvalue weighted by atomic mass is 16.5. The number of likely N-dealkylation sites (tertiary alicyclic amines) is 1. The first-order chi connectivity index (χ1) is 15.2. The van der Waals surface area contributed by atoms with Crippen LogP contribution in [0.15, 0.2) is 24.3 Å². The van der Waals surface area contributed by atoms with Gasteiger partial charge in [-0.1, -0.05) is 39.8 Å². The second kappa shape index (κ2) is 11.5. The number of likely N-dealkylation sites (N-methyl/N-ethyl adjacent to an activating group) is 2. The van der Waals surface area contributed by atoms with Gasteiger partial charge in [-0.3, -0.25) is 19.3 Å². The van der Waals surface area contributed by atoms with Gasteiger partial charge in [-0.2, -0.15) is 0 Å². The molecule has 1 aromatic rings. The van der Waals surface area contributed by atoms with E-state index in [1.54, 1.807) is 43.3 Å². The van der Waals surface area contributed by atoms with E-state index in [0.29, 0.717) is 30.3 Å². The number of methoxy groups -OCH3 is 1. The van der Waals surface area contributed by atoms with Crippen molar-refractivity contribution >= 4 is 17.7 Å². The topological polar surface area (TPSA) is 70.2 Å². The predicted molar refractivity (Wildman–Crippen MR) is 126 cm³/mol. The lowest BCUT2D eigenvalue weighted by Gasteiger charge is -2.30. The van der Waals surface area contributed by atoms with E-state index >= 15 is 0 Å². The summed E-state index contributed by atoms with van der Waals surface area (Å²) in [4.78, 5) is 45.0. The van der Waals surface area contributed by atoms with Crippen LogP contribution in [0.25, 0.3) is 0 Å². The number of imide groups is 1. The average Bonchev–Trinajstić information content (AvgIpc) is 3.02. The molecule has 2 rings (SSSR count). The van der Waals surface area contributed by atoms with Gasteiger partial charge in [0.15, 0.2) is 0 Å². The molecule has 0 saturated carbocycles. The van der Waals surface area contributed by atoms with Crippen molar-refractivity contribution in [3.8, 4) is 5.75 Å². The molecule has 32 heavy (non-hydrogen) atoms. The first-order valence-corrected chi connectivity index (χ1v) is 11.6. The molecule has 0 radical (unpaired) electrons. The Balaban J connectivity index is 2.30. The molecule has 0 aromatic heterocycles. The quantitative estimate of drug-likeness (QED) is 0.463. The van der Waals surface area contributed by atoms with E-state index in [4.69, 9.17) is 4.74 Å². The lowest BCUT2D eigenvalue weighted by Crippen LogP contribution is -2.44. The van der Waals surface area contributed by atoms with Crippen LogP contribution >= 0.6 is 0 Å². The van der Waals surface area contributed by atoms with Gasteiger partial charge in [0, 0.05) is 39.5 Å². The maximum atomic E-state index is 13.6. The molecule has 3 amide bonds. The second-order valence-corrected chi connectivity index (χ2v) is 9.04. The molecular weight excluding hydrogens is 406 g/mol. The summed E-state index contributed by atoms with van der Waals surface area (Å²) in [5.74, 6) is 0.447. The SMILES string of the molecule is CCN(CC)CCN(C)C(=O)CC1(c2ccc(OC)cc2)CC(=O)N(CCC(C)C)C1=O. The summed E-state index contributed by atoms with van der Waals surface area (Å²) < 4.78 is 5.25. The number of carbonyl (C=O) groups is 3. The fraction of sp³-hybridized carbons (Fsp3) is 0.640. The molecule has 1 aliphatic heterocycles. The van der Waals surface area contributed by atoms with Crippen LogP contribution in [-0.2, 0) is 19.8 Å². The summed E-state index contributed by atoms with van der Waals surface area (Å²) in [6.45, 7) is 11.9. The summed E-state index contributed by atoms with van der Waals surface area (Å²) in [7, 11) is 3.35. The third kappa shape index (κ3) is 5.88. The lowest BCUT2D eigenvalue weighted by atomic mass is 9.75. The van der Waals surface area contributed by atoms with E-state index in [-0.39, 0.29) is 30.6 Å². The zero-order valence-electron chi connectivity index (χ0n) is 20.5. The Morgan fingerprint density at radius 3 is 2.28 bits per heavy atom. The van der Waals surface area contributed by atoms with Crippen LogP contribution in [0.5, 0.6) is 5.75 Å². The largest absolute Gasteiger partial charge is 0.497 e. The highest BCUT2D eigenvalue weighted by Gasteiger charge is 2.53. The first-order valence-electron chi connectivity index (χ1n) is 11.6. The van der Waals surface area contributed by atoms with Gasteiger partial charge in [0.2, 0.25) is 17.7 Å². The standard InChI is InChI=1S/C25H39N3O4/c1-7-27(8-2)16-15-26(5)22(29)17-25(20-9-11-21(32-6)12-10-20)18-23(30)28(24(25)31)14-13-19(3)4/h9-12,19H,7-8,13-18H2,1-6H3. The number of hydrogen-bond donors (Lipinski definition) is 0. The minimum Gasteiger partial charge on any atom is -0.497 e. The Bertz CT molecular complexity index is 789. The Hall–Kier alpha value is -2.41. The number of rotatable bonds is 12. The van der Waals surface area contributed by atoms with Crippen molar-refractivity contribution in [2.24, 2.45) is 5.92 Å². The van der Waals surface area contributed by atoms with Crippen LogP contribution in [0.4, 0.5) is 0 Å². The molecule has 0 aliphatic carbocycles. The van der Waals surface area contributed by atoms with E-state index in [2.05, 4.69) is 32.6 Å². The van der Waals surface area contributed by atoms with Crippen LogP contribution in [0.3, 0.4) is 0 Å². The number of benzene rings is 1. The summed E-state index contributed by atoms with van der Waals surface area (Å²) >= 11 is 0. The first kappa shape index (κ1) is 25.8. The maximum absolute atomic E-state index is 13.6. The fourth-order valence-electron chi connectivity index (χ4n) is 4.14. The number of carbonyl (C=O) groups excluding carboxylic acids is 3. The van der Waals surface area contributed by atoms with Crippen LogP contribution in [0, 0.1) is 5.92 Å². The smallest absolute Gasteiger partial charge is 0.240 e. The Labute approximate surface area is 192 Å². The third-order valence-corrected chi connectivity index (χ3v) is 6.51. The molecule has 0 bridgehead atoms. The number of hydrogen-bond acceptors (Lipinski definition) is 5. The molecule has 0 N–H and O–H groups in total. The molecule has 1 atom stereocenters. The Morgan fingerprint density at radius 1 is 1.12 bits per heavy atom. The van der Waals surface area contributed by atoms with Gasteiger partial charge in [0.1, 0.15) is 5.75 Å². The van der Waals surface area contributed by atoms with Gasteiger partial charge in [0.05, 0.1) is 12.5 Å². The van der Waals surface area contributed by atoms with Crippen molar-refractivity contribution in [1.29, 1.82) is 0 Å². The third-order valence-electron chi connectivity index (χ3n) is 6.51. The molecule has 0 spiro atoms. The van der Waals surface area contributed by atoms with Gasteiger partial charge in [-0.05, 0) is 43.1 Å². The minimum atomic E-state index is -1.17. The summed E-state index contributed by atoms with van der Waals surface area (Å²) in [6, 6.07) is 7.17. The van der Waals surface area contributed by atoms with Crippen LogP contribution in [-0.4, -0.2) is 79.3 Å². The fourth-order valence-corrected chi connectivity index (χ4v) is 4.14. The van der Waals surface area contributed by atoms with Gasteiger partial charge in [-0.25, -0.2) is 0 Å². The van der Waals surface area contributed by atoms with Crippen molar-refractivity contribution in [2.75, 3.05) is 46.9 Å². The van der Waals surface area contributed by atoms with Crippen LogP contribution < -0.4 is 4.74 Å². The molecule has 1 saturated heterocycles. The Kier molecular flexibility index (Phi) is 9.25. The van der Waals surface area contributed by atoms with E-state index in [1.165, 1.54) is 4.90 Å². The molecule has 7 heteroatoms. The van der Waals surface area contributed by atoms with E-state index in [0.717, 1.165) is 26.1 Å². The van der Waals surface area contributed by atoms with Crippen molar-refractivity contribution in [2.45, 2.75) is 52.4 Å². The normalized spacial score (nSPS) is 18.7. The van der Waals surface area contributed by atoms with E-state index < -0.39 is 5.41 Å². The molecule has 1 heterocycles. The van der Waals surface area contributed by atoms with Crippen molar-refractivity contribution in [1.82, 2.24) is 14.7 Å². The molecule has 1 aliphatic rings. The molecule has 7 nitrogen and oxygen atoms in total. The van der Waals surface area contributed by atoms with Gasteiger partial charge >= 0.3 is 0 Å². The molecule has 178 valence electrons. The van der Waals surface area contributed by atoms with Gasteiger partial charge in [-0.15, -0.1) is 0 Å². The predicted octanol–water partition coefficient (Wildman–Crippen LogP) is 2.93. The summed E-state index contributed by atoms with van der Waals surface area (Å²) in [5.41, 5.74) is -0.477. The summed E-state index contributed by atoms with van der Waals surface area (Å²) in [5, 5.41) is 0. The zero-order chi connectivity index (χ0) is 23.9. The summed E-state index contributed by atoms with van der Waals surface area (Å²) in [6.07, 6.45) is 0.747. The minimum absolute atomic E-state index is 0.0170. The molecular formula is C25H39N3O4. The monoisotopic (exact) mass is 445 g/mol. The van der Waals surface area contributed by atoms with Crippen molar-refractivity contribution in [3.05, 3.63) is 29.8 Å². The van der Waals surface area contributed by atoms with Crippen LogP contribution in [0.1, 0.15) is 52.5 Å². The molecule has 1 fully saturated rings. The van der Waals surface area contributed by atoms with Crippen LogP contribution in [0.2, 0.25) is 0 Å². The van der Waals surface area contributed by atoms with Gasteiger partial charge in [0.25, 0.3) is 0 Å². The maximum Gasteiger partial charge on any atom is 0.240 e. The molecule has 1 unspecified atom stereocenters. The van der Waals surface area contributed by atoms with E-state index in [9.17, 15) is 14.4 Å². The lowest BCUT2D eigenvalue weighted by molar-refractivity contribution is -0.142. The van der Waals surface area contributed by atoms with E-state index in [1.807, 2.05) is 0 Å². The highest BCUT2D eigenvalue weighted by molar-refractivity contribution is 6.10. The highest BCUT2D eigenvalue weighted by Crippen LogP contribution is 2.41. The number of ether oxygens (including phenoxy) is 1. The Morgan fingerprint density at radius 2 is 1.75 bits per heavy atom. The van der Waals surface area contributed by atoms with Crippen molar-refractivity contribution in [3.63, 3.8) is 0 Å². The number of nitrogens with zero attached hydrogens (tertiary/aromatic N) is 3. The molecule has 1 aromatic carbocycles. The second-order valence-electron chi connectivity index (χ2n) is 9.04. The average molecular weight is 446 g/mol. The number of amides is 3. The van der Waals surface area contributed by atoms with Gasteiger partial charge < -0.3 is 14.5 Å². The van der Waals surface area contributed by atoms with Crippen molar-refractivity contribution < 1.29 is 19.1 Å². The zero-order valence-corrected chi connectivity index (χ0v) is 20.5.